The lowest BCUT2D eigenvalue weighted by molar-refractivity contribution is -0.133. The zero-order valence-corrected chi connectivity index (χ0v) is 34.3. The van der Waals surface area contributed by atoms with Crippen LogP contribution in [0.5, 0.6) is 0 Å². The SMILES string of the molecule is C=CCn1c(=O)c2cnc(Nc3ccc(N4CCC(CNC5CCN(c6ccc(C7CC(=O)NC(=O)C7)cc6)CC5)CC4)cc3)nc2n1-c1ccc2c(n1)[C@@](O)(CC)CC2. The summed E-state index contributed by atoms with van der Waals surface area (Å²) in [6.45, 7) is 11.2. The molecule has 14 heteroatoms. The number of pyridine rings is 1. The molecular weight excluding hydrogens is 757 g/mol. The molecule has 1 aliphatic carbocycles. The summed E-state index contributed by atoms with van der Waals surface area (Å²) in [6, 6.07) is 21.2. The van der Waals surface area contributed by atoms with E-state index in [4.69, 9.17) is 9.97 Å². The maximum atomic E-state index is 13.5. The van der Waals surface area contributed by atoms with Crippen molar-refractivity contribution in [2.45, 2.75) is 88.8 Å². The molecule has 9 rings (SSSR count). The third kappa shape index (κ3) is 7.93. The van der Waals surface area contributed by atoms with E-state index in [1.807, 2.05) is 31.2 Å². The van der Waals surface area contributed by atoms with Crippen LogP contribution in [0.25, 0.3) is 16.9 Å². The van der Waals surface area contributed by atoms with Crippen molar-refractivity contribution in [3.05, 3.63) is 107 Å². The molecule has 0 spiro atoms. The van der Waals surface area contributed by atoms with Gasteiger partial charge in [-0.3, -0.25) is 19.7 Å². The van der Waals surface area contributed by atoms with E-state index < -0.39 is 5.60 Å². The van der Waals surface area contributed by atoms with Gasteiger partial charge < -0.3 is 25.5 Å². The van der Waals surface area contributed by atoms with Gasteiger partial charge in [-0.15, -0.1) is 6.58 Å². The third-order valence-electron chi connectivity index (χ3n) is 13.2. The molecule has 0 saturated carbocycles. The number of piperidine rings is 3. The largest absolute Gasteiger partial charge is 0.384 e. The molecule has 3 saturated heterocycles. The lowest BCUT2D eigenvalue weighted by Crippen LogP contribution is -2.45. The number of fused-ring (bicyclic) bond motifs is 2. The first-order valence-electron chi connectivity index (χ1n) is 21.5. The highest BCUT2D eigenvalue weighted by Crippen LogP contribution is 2.38. The van der Waals surface area contributed by atoms with Gasteiger partial charge in [0, 0.05) is 74.2 Å². The van der Waals surface area contributed by atoms with Gasteiger partial charge in [0.1, 0.15) is 11.0 Å². The second kappa shape index (κ2) is 16.7. The van der Waals surface area contributed by atoms with Crippen molar-refractivity contribution < 1.29 is 14.7 Å². The molecular formula is C46H54N10O4. The summed E-state index contributed by atoms with van der Waals surface area (Å²) in [4.78, 5) is 56.3. The van der Waals surface area contributed by atoms with Crippen LogP contribution in [-0.2, 0) is 28.2 Å². The molecule has 4 N–H and O–H groups in total. The number of aromatic nitrogens is 5. The molecule has 5 aromatic rings. The first-order chi connectivity index (χ1) is 29.2. The van der Waals surface area contributed by atoms with E-state index in [0.29, 0.717) is 66.1 Å². The normalized spacial score (nSPS) is 20.4. The van der Waals surface area contributed by atoms with Gasteiger partial charge in [-0.05, 0) is 111 Å². The van der Waals surface area contributed by atoms with E-state index in [-0.39, 0.29) is 29.8 Å². The predicted molar refractivity (Wildman–Crippen MR) is 233 cm³/mol. The number of carbonyl (C=O) groups excluding carboxylic acids is 2. The van der Waals surface area contributed by atoms with E-state index in [1.54, 1.807) is 21.6 Å². The van der Waals surface area contributed by atoms with Gasteiger partial charge in [-0.25, -0.2) is 19.3 Å². The number of aryl methyl sites for hydroxylation is 1. The van der Waals surface area contributed by atoms with Crippen LogP contribution in [0.3, 0.4) is 0 Å². The average molecular weight is 811 g/mol. The summed E-state index contributed by atoms with van der Waals surface area (Å²) in [5.41, 5.74) is 5.19. The molecule has 2 aromatic carbocycles. The van der Waals surface area contributed by atoms with Crippen molar-refractivity contribution in [3.63, 3.8) is 0 Å². The molecule has 14 nitrogen and oxygen atoms in total. The Hall–Kier alpha value is -5.86. The fraction of sp³-hybridized carbons (Fsp3) is 0.435. The molecule has 60 heavy (non-hydrogen) atoms. The first kappa shape index (κ1) is 39.6. The number of hydrogen-bond acceptors (Lipinski definition) is 11. The minimum absolute atomic E-state index is 0.0347. The maximum Gasteiger partial charge on any atom is 0.278 e. The Balaban J connectivity index is 0.772. The van der Waals surface area contributed by atoms with E-state index in [2.05, 4.69) is 73.7 Å². The van der Waals surface area contributed by atoms with Crippen molar-refractivity contribution in [2.24, 2.45) is 5.92 Å². The fourth-order valence-electron chi connectivity index (χ4n) is 9.54. The summed E-state index contributed by atoms with van der Waals surface area (Å²) in [5.74, 6) is 1.12. The Morgan fingerprint density at radius 2 is 1.55 bits per heavy atom. The minimum atomic E-state index is -0.987. The predicted octanol–water partition coefficient (Wildman–Crippen LogP) is 5.45. The lowest BCUT2D eigenvalue weighted by Gasteiger charge is -2.37. The monoisotopic (exact) mass is 810 g/mol. The Bertz CT molecular complexity index is 2430. The van der Waals surface area contributed by atoms with E-state index in [9.17, 15) is 19.5 Å². The number of anilines is 4. The summed E-state index contributed by atoms with van der Waals surface area (Å²) >= 11 is 0. The van der Waals surface area contributed by atoms with E-state index >= 15 is 0 Å². The highest BCUT2D eigenvalue weighted by molar-refractivity contribution is 5.98. The van der Waals surface area contributed by atoms with Crippen molar-refractivity contribution in [1.29, 1.82) is 0 Å². The van der Waals surface area contributed by atoms with Crippen molar-refractivity contribution in [3.8, 4) is 5.82 Å². The molecule has 0 unspecified atom stereocenters. The zero-order chi connectivity index (χ0) is 41.4. The Kier molecular flexibility index (Phi) is 11.0. The van der Waals surface area contributed by atoms with Gasteiger partial charge in [-0.2, -0.15) is 4.98 Å². The van der Waals surface area contributed by atoms with Gasteiger partial charge >= 0.3 is 0 Å². The number of hydrogen-bond donors (Lipinski definition) is 4. The van der Waals surface area contributed by atoms with Crippen molar-refractivity contribution >= 4 is 45.9 Å². The van der Waals surface area contributed by atoms with Crippen LogP contribution in [0.1, 0.15) is 81.0 Å². The van der Waals surface area contributed by atoms with Gasteiger partial charge in [0.15, 0.2) is 11.5 Å². The molecule has 312 valence electrons. The summed E-state index contributed by atoms with van der Waals surface area (Å²) in [5, 5.41) is 21.3. The quantitative estimate of drug-likeness (QED) is 0.0938. The number of allylic oxidation sites excluding steroid dienone is 1. The molecule has 3 aromatic heterocycles. The number of carbonyl (C=O) groups is 2. The summed E-state index contributed by atoms with van der Waals surface area (Å²) < 4.78 is 3.26. The minimum Gasteiger partial charge on any atom is -0.384 e. The highest BCUT2D eigenvalue weighted by atomic mass is 16.3. The van der Waals surface area contributed by atoms with Crippen LogP contribution in [-0.4, -0.2) is 80.0 Å². The smallest absolute Gasteiger partial charge is 0.278 e. The molecule has 2 amide bonds. The van der Waals surface area contributed by atoms with Crippen LogP contribution in [0.2, 0.25) is 0 Å². The average Bonchev–Trinajstić information content (AvgIpc) is 3.75. The number of benzene rings is 2. The van der Waals surface area contributed by atoms with E-state index in [1.165, 1.54) is 11.4 Å². The number of amides is 2. The second-order valence-corrected chi connectivity index (χ2v) is 16.9. The number of nitrogens with one attached hydrogen (secondary N) is 3. The van der Waals surface area contributed by atoms with Crippen LogP contribution >= 0.6 is 0 Å². The van der Waals surface area contributed by atoms with Crippen LogP contribution in [0.4, 0.5) is 23.0 Å². The molecule has 6 heterocycles. The number of aliphatic hydroxyl groups is 1. The van der Waals surface area contributed by atoms with Gasteiger partial charge in [-0.1, -0.05) is 31.2 Å². The van der Waals surface area contributed by atoms with Gasteiger partial charge in [0.2, 0.25) is 17.8 Å². The topological polar surface area (TPSA) is 163 Å². The summed E-state index contributed by atoms with van der Waals surface area (Å²) in [7, 11) is 0. The van der Waals surface area contributed by atoms with Crippen molar-refractivity contribution in [2.75, 3.05) is 47.8 Å². The highest BCUT2D eigenvalue weighted by Gasteiger charge is 2.37. The Morgan fingerprint density at radius 1 is 0.883 bits per heavy atom. The van der Waals surface area contributed by atoms with E-state index in [0.717, 1.165) is 81.6 Å². The van der Waals surface area contributed by atoms with Crippen molar-refractivity contribution in [1.82, 2.24) is 34.9 Å². The Labute approximate surface area is 349 Å². The molecule has 1 atom stereocenters. The number of rotatable bonds is 12. The second-order valence-electron chi connectivity index (χ2n) is 16.9. The van der Waals surface area contributed by atoms with Gasteiger partial charge in [0.25, 0.3) is 5.56 Å². The molecule has 3 fully saturated rings. The Morgan fingerprint density at radius 3 is 2.22 bits per heavy atom. The number of imide groups is 1. The third-order valence-corrected chi connectivity index (χ3v) is 13.2. The fourth-order valence-corrected chi connectivity index (χ4v) is 9.54. The van der Waals surface area contributed by atoms with Crippen LogP contribution in [0, 0.1) is 5.92 Å². The van der Waals surface area contributed by atoms with Crippen LogP contribution < -0.4 is 31.3 Å². The molecule has 0 radical (unpaired) electrons. The molecule has 4 aliphatic rings. The molecule has 0 bridgehead atoms. The maximum absolute atomic E-state index is 13.5. The first-order valence-corrected chi connectivity index (χ1v) is 21.5. The van der Waals surface area contributed by atoms with Gasteiger partial charge in [0.05, 0.1) is 12.2 Å². The standard InChI is InChI=1S/C46H54N10O4/c1-3-21-55-44(59)38-29-48-45(52-43(38)56(55)39-14-7-32-15-20-46(60,4-2)42(32)50-39)49-35-8-12-37(13-9-35)53-22-16-30(17-23-53)28-47-34-18-24-54(25-19-34)36-10-5-31(6-11-36)33-26-40(57)51-41(58)27-33/h3,5-14,29-30,33-34,47,60H,1,4,15-28H2,2H3,(H,48,49,52)(H,51,57,58)/t46-/m1/s1. The summed E-state index contributed by atoms with van der Waals surface area (Å²) in [6.07, 6.45) is 10.4. The van der Waals surface area contributed by atoms with Crippen LogP contribution in [0.15, 0.2) is 84.3 Å². The lowest BCUT2D eigenvalue weighted by atomic mass is 9.89. The zero-order valence-electron chi connectivity index (χ0n) is 34.3. The molecule has 3 aliphatic heterocycles. The number of nitrogens with zero attached hydrogens (tertiary/aromatic N) is 7.